The molecule has 9 nitrogen and oxygen atoms in total. The van der Waals surface area contributed by atoms with Crippen molar-refractivity contribution in [2.45, 2.75) is 71.1 Å². The van der Waals surface area contributed by atoms with Gasteiger partial charge in [0.1, 0.15) is 24.4 Å². The molecule has 2 aliphatic heterocycles. The highest BCUT2D eigenvalue weighted by Gasteiger charge is 2.32. The van der Waals surface area contributed by atoms with Gasteiger partial charge in [0.05, 0.1) is 0 Å². The van der Waals surface area contributed by atoms with Gasteiger partial charge in [-0.15, -0.1) is 0 Å². The number of amides is 4. The van der Waals surface area contributed by atoms with Crippen LogP contribution in [0.3, 0.4) is 0 Å². The third-order valence-corrected chi connectivity index (χ3v) is 8.26. The van der Waals surface area contributed by atoms with Crippen molar-refractivity contribution in [1.82, 2.24) is 25.3 Å². The first-order valence-corrected chi connectivity index (χ1v) is 15.9. The van der Waals surface area contributed by atoms with E-state index in [1.807, 2.05) is 85.3 Å². The number of nitrogens with zero attached hydrogens (tertiary/aromatic N) is 3. The Morgan fingerprint density at radius 2 is 1.40 bits per heavy atom. The predicted octanol–water partition coefficient (Wildman–Crippen LogP) is 4.07. The number of benzene rings is 2. The first kappa shape index (κ1) is 32.3. The van der Waals surface area contributed by atoms with Gasteiger partial charge in [0, 0.05) is 45.7 Å². The lowest BCUT2D eigenvalue weighted by atomic mass is 10.0. The van der Waals surface area contributed by atoms with Crippen molar-refractivity contribution < 1.29 is 19.1 Å². The van der Waals surface area contributed by atoms with Crippen molar-refractivity contribution in [2.24, 2.45) is 5.92 Å². The van der Waals surface area contributed by atoms with Crippen molar-refractivity contribution in [3.63, 3.8) is 0 Å². The smallest absolute Gasteiger partial charge is 0.318 e. The lowest BCUT2D eigenvalue weighted by molar-refractivity contribution is -0.138. The van der Waals surface area contributed by atoms with Gasteiger partial charge < -0.3 is 30.1 Å². The molecular formula is C34H49N5O4. The molecule has 2 atom stereocenters. The maximum absolute atomic E-state index is 13.8. The first-order valence-electron chi connectivity index (χ1n) is 15.9. The molecule has 4 amide bonds. The average molecular weight is 592 g/mol. The van der Waals surface area contributed by atoms with Gasteiger partial charge >= 0.3 is 6.03 Å². The second-order valence-electron chi connectivity index (χ2n) is 12.3. The molecule has 0 aromatic heterocycles. The molecule has 234 valence electrons. The van der Waals surface area contributed by atoms with E-state index >= 15 is 0 Å². The zero-order valence-electron chi connectivity index (χ0n) is 26.1. The predicted molar refractivity (Wildman–Crippen MR) is 169 cm³/mol. The van der Waals surface area contributed by atoms with E-state index in [2.05, 4.69) is 15.5 Å². The van der Waals surface area contributed by atoms with Crippen LogP contribution in [0.15, 0.2) is 54.6 Å². The second kappa shape index (κ2) is 16.3. The van der Waals surface area contributed by atoms with Gasteiger partial charge in [-0.25, -0.2) is 4.79 Å². The van der Waals surface area contributed by atoms with E-state index in [0.29, 0.717) is 45.6 Å². The monoisotopic (exact) mass is 591 g/mol. The van der Waals surface area contributed by atoms with Crippen molar-refractivity contribution >= 4 is 17.8 Å². The molecule has 2 saturated heterocycles. The molecule has 0 aliphatic carbocycles. The van der Waals surface area contributed by atoms with E-state index in [-0.39, 0.29) is 23.8 Å². The minimum atomic E-state index is -0.739. The summed E-state index contributed by atoms with van der Waals surface area (Å²) in [4.78, 5) is 46.5. The van der Waals surface area contributed by atoms with Gasteiger partial charge in [0.15, 0.2) is 0 Å². The molecule has 0 bridgehead atoms. The normalized spacial score (nSPS) is 17.6. The second-order valence-corrected chi connectivity index (χ2v) is 12.3. The fraction of sp³-hybridized carbons (Fsp3) is 0.559. The highest BCUT2D eigenvalue weighted by atomic mass is 16.5. The number of hydrogen-bond donors (Lipinski definition) is 2. The van der Waals surface area contributed by atoms with E-state index in [4.69, 9.17) is 4.74 Å². The number of carbonyl (C=O) groups is 3. The van der Waals surface area contributed by atoms with Crippen LogP contribution in [0.2, 0.25) is 0 Å². The van der Waals surface area contributed by atoms with Crippen molar-refractivity contribution in [3.8, 4) is 5.75 Å². The molecular weight excluding hydrogens is 542 g/mol. The summed E-state index contributed by atoms with van der Waals surface area (Å²) in [6.45, 7) is 8.78. The Labute approximate surface area is 256 Å². The quantitative estimate of drug-likeness (QED) is 0.411. The highest BCUT2D eigenvalue weighted by Crippen LogP contribution is 2.17. The summed E-state index contributed by atoms with van der Waals surface area (Å²) in [6.07, 6.45) is 5.04. The zero-order valence-corrected chi connectivity index (χ0v) is 26.1. The molecule has 0 spiro atoms. The first-order chi connectivity index (χ1) is 20.8. The maximum Gasteiger partial charge on any atom is 0.318 e. The molecule has 2 fully saturated rings. The summed E-state index contributed by atoms with van der Waals surface area (Å²) >= 11 is 0. The van der Waals surface area contributed by atoms with Crippen LogP contribution in [-0.4, -0.2) is 90.9 Å². The van der Waals surface area contributed by atoms with Crippen LogP contribution in [0.25, 0.3) is 0 Å². The lowest BCUT2D eigenvalue weighted by Gasteiger charge is -2.35. The van der Waals surface area contributed by atoms with E-state index in [1.54, 1.807) is 0 Å². The molecule has 0 radical (unpaired) electrons. The fourth-order valence-electron chi connectivity index (χ4n) is 5.64. The number of hydrogen-bond acceptors (Lipinski definition) is 5. The Morgan fingerprint density at radius 1 is 0.744 bits per heavy atom. The largest absolute Gasteiger partial charge is 0.489 e. The summed E-state index contributed by atoms with van der Waals surface area (Å²) in [5.74, 6) is 0.530. The summed E-state index contributed by atoms with van der Waals surface area (Å²) < 4.78 is 5.94. The molecule has 43 heavy (non-hydrogen) atoms. The van der Waals surface area contributed by atoms with Crippen LogP contribution in [0.5, 0.6) is 5.75 Å². The minimum absolute atomic E-state index is 0.0898. The van der Waals surface area contributed by atoms with Crippen molar-refractivity contribution in [3.05, 3.63) is 65.7 Å². The van der Waals surface area contributed by atoms with E-state index in [9.17, 15) is 14.4 Å². The summed E-state index contributed by atoms with van der Waals surface area (Å²) in [6, 6.07) is 16.0. The number of carbonyl (C=O) groups excluding carboxylic acids is 3. The Hall–Kier alpha value is -3.59. The molecule has 9 heteroatoms. The van der Waals surface area contributed by atoms with E-state index in [0.717, 1.165) is 55.6 Å². The maximum atomic E-state index is 13.8. The molecule has 2 aromatic rings. The lowest BCUT2D eigenvalue weighted by Crippen LogP contribution is -2.58. The summed E-state index contributed by atoms with van der Waals surface area (Å²) in [7, 11) is 2.05. The molecule has 2 aromatic carbocycles. The van der Waals surface area contributed by atoms with Crippen LogP contribution in [0.1, 0.15) is 57.1 Å². The van der Waals surface area contributed by atoms with Crippen LogP contribution < -0.4 is 15.4 Å². The van der Waals surface area contributed by atoms with Gasteiger partial charge in [0.25, 0.3) is 0 Å². The zero-order chi connectivity index (χ0) is 30.6. The summed E-state index contributed by atoms with van der Waals surface area (Å²) in [5, 5.41) is 6.05. The number of ether oxygens (including phenoxy) is 1. The Balaban J connectivity index is 1.45. The van der Waals surface area contributed by atoms with Crippen LogP contribution in [-0.2, 0) is 22.6 Å². The van der Waals surface area contributed by atoms with Crippen molar-refractivity contribution in [2.75, 3.05) is 46.3 Å². The van der Waals surface area contributed by atoms with E-state index in [1.165, 1.54) is 0 Å². The van der Waals surface area contributed by atoms with Crippen molar-refractivity contribution in [1.29, 1.82) is 0 Å². The number of likely N-dealkylation sites (tertiary alicyclic amines) is 1. The van der Waals surface area contributed by atoms with Crippen LogP contribution in [0, 0.1) is 5.92 Å². The molecule has 0 unspecified atom stereocenters. The Bertz CT molecular complexity index is 1160. The fourth-order valence-corrected chi connectivity index (χ4v) is 5.64. The number of urea groups is 1. The molecule has 4 rings (SSSR count). The number of nitrogens with one attached hydrogen (secondary N) is 2. The topological polar surface area (TPSA) is 94.2 Å². The van der Waals surface area contributed by atoms with Crippen LogP contribution >= 0.6 is 0 Å². The average Bonchev–Trinajstić information content (AvgIpc) is 3.30. The van der Waals surface area contributed by atoms with Gasteiger partial charge in [-0.1, -0.05) is 69.2 Å². The SMILES string of the molecule is CC(C)C[C@H](NC(=O)N1CCCCCC1)C(=O)N[C@@H](Cc1ccc(OCc2ccccc2)cc1)C(=O)N1CCN(C)CC1. The number of likely N-dealkylation sites (N-methyl/N-ethyl adjacent to an activating group) is 1. The third-order valence-electron chi connectivity index (χ3n) is 8.26. The van der Waals surface area contributed by atoms with Crippen LogP contribution in [0.4, 0.5) is 4.79 Å². The highest BCUT2D eigenvalue weighted by molar-refractivity contribution is 5.92. The Kier molecular flexibility index (Phi) is 12.3. The Morgan fingerprint density at radius 3 is 2.02 bits per heavy atom. The minimum Gasteiger partial charge on any atom is -0.489 e. The molecule has 2 heterocycles. The van der Waals surface area contributed by atoms with Gasteiger partial charge in [-0.3, -0.25) is 9.59 Å². The molecule has 2 N–H and O–H groups in total. The van der Waals surface area contributed by atoms with E-state index < -0.39 is 12.1 Å². The van der Waals surface area contributed by atoms with Gasteiger partial charge in [-0.05, 0) is 55.5 Å². The third kappa shape index (κ3) is 10.3. The van der Waals surface area contributed by atoms with Gasteiger partial charge in [0.2, 0.25) is 11.8 Å². The number of piperazine rings is 1. The van der Waals surface area contributed by atoms with Gasteiger partial charge in [-0.2, -0.15) is 0 Å². The molecule has 2 aliphatic rings. The molecule has 0 saturated carbocycles. The summed E-state index contributed by atoms with van der Waals surface area (Å²) in [5.41, 5.74) is 2.01. The standard InChI is InChI=1S/C34H49N5O4/c1-26(2)23-30(36-34(42)39-17-9-4-5-10-18-39)32(40)35-31(33(41)38-21-19-37(3)20-22-38)24-27-13-15-29(16-14-27)43-25-28-11-7-6-8-12-28/h6-8,11-16,26,30-31H,4-5,9-10,17-25H2,1-3H3,(H,35,40)(H,36,42)/t30-,31-/m0/s1. The number of rotatable bonds is 11.